The van der Waals surface area contributed by atoms with E-state index < -0.39 is 36.5 Å². The van der Waals surface area contributed by atoms with Crippen LogP contribution in [-0.2, 0) is 9.53 Å². The number of aliphatic hydroxyl groups excluding tert-OH is 2. The lowest BCUT2D eigenvalue weighted by atomic mass is 9.93. The fourth-order valence-electron chi connectivity index (χ4n) is 4.76. The average Bonchev–Trinajstić information content (AvgIpc) is 3.08. The summed E-state index contributed by atoms with van der Waals surface area (Å²) in [6.45, 7) is 1.55. The van der Waals surface area contributed by atoms with Crippen LogP contribution in [0.1, 0.15) is 91.8 Å². The van der Waals surface area contributed by atoms with Crippen LogP contribution in [0.5, 0.6) is 11.5 Å². The number of carbonyl (C=O) groups is 3. The lowest BCUT2D eigenvalue weighted by Crippen LogP contribution is -2.37. The Morgan fingerprint density at radius 1 is 0.652 bits per heavy atom. The third-order valence-corrected chi connectivity index (χ3v) is 7.85. The number of esters is 2. The van der Waals surface area contributed by atoms with E-state index in [4.69, 9.17) is 19.3 Å². The highest BCUT2D eigenvalue weighted by Crippen LogP contribution is 2.31. The van der Waals surface area contributed by atoms with Gasteiger partial charge in [0.1, 0.15) is 16.9 Å². The molecule has 0 saturated heterocycles. The fraction of sp³-hybridized carbons (Fsp3) is 0.432. The minimum absolute atomic E-state index is 0.185. The summed E-state index contributed by atoms with van der Waals surface area (Å²) in [6, 6.07) is 20.4. The van der Waals surface area contributed by atoms with Gasteiger partial charge in [-0.15, -0.1) is 0 Å². The van der Waals surface area contributed by atoms with Crippen molar-refractivity contribution in [3.05, 3.63) is 83.9 Å². The highest BCUT2D eigenvalue weighted by Gasteiger charge is 2.33. The molecule has 0 heterocycles. The zero-order valence-electron chi connectivity index (χ0n) is 26.6. The van der Waals surface area contributed by atoms with Crippen LogP contribution in [0, 0.1) is 5.41 Å². The Kier molecular flexibility index (Phi) is 15.2. The second kappa shape index (κ2) is 19.3. The molecule has 9 nitrogen and oxygen atoms in total. The van der Waals surface area contributed by atoms with Crippen LogP contribution in [-0.4, -0.2) is 59.7 Å². The van der Waals surface area contributed by atoms with E-state index in [1.165, 1.54) is 38.3 Å². The van der Waals surface area contributed by atoms with E-state index in [1.54, 1.807) is 48.5 Å². The minimum Gasteiger partial charge on any atom is -0.494 e. The maximum atomic E-state index is 12.8. The van der Waals surface area contributed by atoms with Crippen molar-refractivity contribution in [3.8, 4) is 22.6 Å². The summed E-state index contributed by atoms with van der Waals surface area (Å²) in [6.07, 6.45) is 10.8. The Bertz CT molecular complexity index is 1360. The van der Waals surface area contributed by atoms with Gasteiger partial charge in [-0.2, -0.15) is 0 Å². The van der Waals surface area contributed by atoms with Gasteiger partial charge in [-0.25, -0.2) is 9.59 Å². The number of carbonyl (C=O) groups excluding carboxylic acids is 2. The van der Waals surface area contributed by atoms with E-state index in [0.717, 1.165) is 50.5 Å². The highest BCUT2D eigenvalue weighted by atomic mass is 16.5. The zero-order valence-corrected chi connectivity index (χ0v) is 26.6. The first-order valence-corrected chi connectivity index (χ1v) is 16.0. The molecule has 9 heteroatoms. The third kappa shape index (κ3) is 11.6. The summed E-state index contributed by atoms with van der Waals surface area (Å²) >= 11 is 0. The Hall–Kier alpha value is -4.21. The summed E-state index contributed by atoms with van der Waals surface area (Å²) in [4.78, 5) is 35.9. The Morgan fingerprint density at radius 3 is 1.74 bits per heavy atom. The van der Waals surface area contributed by atoms with E-state index in [1.807, 2.05) is 12.1 Å². The molecule has 0 amide bonds. The number of benzene rings is 3. The minimum atomic E-state index is -1.23. The number of aliphatic hydroxyl groups is 2. The van der Waals surface area contributed by atoms with E-state index in [2.05, 4.69) is 0 Å². The molecular weight excluding hydrogens is 588 g/mol. The molecule has 0 radical (unpaired) electrons. The summed E-state index contributed by atoms with van der Waals surface area (Å²) in [5, 5.41) is 27.6. The number of ether oxygens (including phenoxy) is 3. The lowest BCUT2D eigenvalue weighted by molar-refractivity contribution is -0.160. The number of hydrogen-bond acceptors (Lipinski definition) is 8. The maximum Gasteiger partial charge on any atom is 0.343 e. The molecule has 0 aliphatic carbocycles. The molecule has 248 valence electrons. The maximum absolute atomic E-state index is 12.8. The quantitative estimate of drug-likeness (QED) is 0.0637. The van der Waals surface area contributed by atoms with Crippen LogP contribution in [0.2, 0.25) is 0 Å². The second-order valence-electron chi connectivity index (χ2n) is 11.7. The molecule has 0 unspecified atom stereocenters. The van der Waals surface area contributed by atoms with Crippen molar-refractivity contribution >= 4 is 17.9 Å². The largest absolute Gasteiger partial charge is 0.494 e. The smallest absolute Gasteiger partial charge is 0.343 e. The van der Waals surface area contributed by atoms with Gasteiger partial charge in [-0.05, 0) is 67.8 Å². The number of carboxylic acid groups (broad SMARTS) is 1. The van der Waals surface area contributed by atoms with Crippen molar-refractivity contribution in [2.45, 2.75) is 71.1 Å². The molecule has 0 atom stereocenters. The summed E-state index contributed by atoms with van der Waals surface area (Å²) in [5.74, 6) is -0.964. The van der Waals surface area contributed by atoms with Gasteiger partial charge in [-0.1, -0.05) is 81.7 Å². The van der Waals surface area contributed by atoms with Crippen LogP contribution in [0.25, 0.3) is 11.1 Å². The van der Waals surface area contributed by atoms with Gasteiger partial charge in [0.2, 0.25) is 0 Å². The van der Waals surface area contributed by atoms with Crippen molar-refractivity contribution < 1.29 is 43.9 Å². The van der Waals surface area contributed by atoms with Gasteiger partial charge in [0, 0.05) is 5.56 Å². The Labute approximate surface area is 271 Å². The molecule has 0 spiro atoms. The summed E-state index contributed by atoms with van der Waals surface area (Å²) < 4.78 is 16.7. The molecule has 3 rings (SSSR count). The molecule has 0 fully saturated rings. The molecule has 3 N–H and O–H groups in total. The molecule has 3 aromatic rings. The average molecular weight is 635 g/mol. The van der Waals surface area contributed by atoms with Crippen molar-refractivity contribution in [2.24, 2.45) is 5.41 Å². The first kappa shape index (κ1) is 36.3. The molecule has 0 aliphatic rings. The number of carboxylic acids is 1. The predicted octanol–water partition coefficient (Wildman–Crippen LogP) is 7.08. The molecule has 0 aromatic heterocycles. The number of rotatable bonds is 21. The van der Waals surface area contributed by atoms with Crippen LogP contribution >= 0.6 is 0 Å². The normalized spacial score (nSPS) is 11.2. The first-order valence-electron chi connectivity index (χ1n) is 16.0. The highest BCUT2D eigenvalue weighted by molar-refractivity contribution is 5.92. The number of unbranched alkanes of at least 4 members (excludes halogenated alkanes) is 9. The van der Waals surface area contributed by atoms with E-state index in [-0.39, 0.29) is 5.56 Å². The van der Waals surface area contributed by atoms with Gasteiger partial charge in [-0.3, -0.25) is 4.79 Å². The van der Waals surface area contributed by atoms with Gasteiger partial charge >= 0.3 is 17.9 Å². The van der Waals surface area contributed by atoms with E-state index >= 15 is 0 Å². The molecule has 46 heavy (non-hydrogen) atoms. The van der Waals surface area contributed by atoms with Gasteiger partial charge in [0.25, 0.3) is 0 Å². The van der Waals surface area contributed by atoms with Crippen LogP contribution in [0.4, 0.5) is 0 Å². The van der Waals surface area contributed by atoms with Crippen LogP contribution in [0.3, 0.4) is 0 Å². The van der Waals surface area contributed by atoms with Crippen molar-refractivity contribution in [1.29, 1.82) is 0 Å². The molecule has 0 aliphatic heterocycles. The second-order valence-corrected chi connectivity index (χ2v) is 11.7. The van der Waals surface area contributed by atoms with Crippen LogP contribution < -0.4 is 9.47 Å². The lowest BCUT2D eigenvalue weighted by Gasteiger charge is -2.22. The molecule has 0 bridgehead atoms. The Balaban J connectivity index is 1.25. The summed E-state index contributed by atoms with van der Waals surface area (Å²) in [7, 11) is 0. The van der Waals surface area contributed by atoms with E-state index in [9.17, 15) is 24.6 Å². The number of hydrogen-bond donors (Lipinski definition) is 3. The standard InChI is InChI=1S/C37H46O9/c1-37(26-38,27-39)36(43)45-25-13-9-7-5-3-2-4-6-8-12-24-44-31-22-20-30(21-23-31)35(42)46-33-15-11-10-14-32(33)28-16-18-29(19-17-28)34(40)41/h10-11,14-23,38-39H,2-9,12-13,24-27H2,1H3,(H,40,41). The van der Waals surface area contributed by atoms with Crippen LogP contribution in [0.15, 0.2) is 72.8 Å². The van der Waals surface area contributed by atoms with E-state index in [0.29, 0.717) is 35.8 Å². The summed E-state index contributed by atoms with van der Waals surface area (Å²) in [5.41, 5.74) is 0.790. The molecule has 3 aromatic carbocycles. The fourth-order valence-corrected chi connectivity index (χ4v) is 4.76. The van der Waals surface area contributed by atoms with Crippen molar-refractivity contribution in [3.63, 3.8) is 0 Å². The third-order valence-electron chi connectivity index (χ3n) is 7.85. The van der Waals surface area contributed by atoms with Gasteiger partial charge < -0.3 is 29.5 Å². The number of para-hydroxylation sites is 1. The molecule has 0 saturated carbocycles. The van der Waals surface area contributed by atoms with Crippen molar-refractivity contribution in [1.82, 2.24) is 0 Å². The monoisotopic (exact) mass is 634 g/mol. The van der Waals surface area contributed by atoms with Gasteiger partial charge in [0.15, 0.2) is 0 Å². The van der Waals surface area contributed by atoms with Crippen molar-refractivity contribution in [2.75, 3.05) is 26.4 Å². The first-order chi connectivity index (χ1) is 22.3. The number of aromatic carboxylic acids is 1. The topological polar surface area (TPSA) is 140 Å². The zero-order chi connectivity index (χ0) is 33.2. The van der Waals surface area contributed by atoms with Gasteiger partial charge in [0.05, 0.1) is 37.6 Å². The molecular formula is C37H46O9. The predicted molar refractivity (Wildman–Crippen MR) is 175 cm³/mol. The Morgan fingerprint density at radius 2 is 1.17 bits per heavy atom. The SMILES string of the molecule is CC(CO)(CO)C(=O)OCCCCCCCCCCCCOc1ccc(C(=O)Oc2ccccc2-c2ccc(C(=O)O)cc2)cc1.